The summed E-state index contributed by atoms with van der Waals surface area (Å²) in [6.45, 7) is 6.38. The predicted octanol–water partition coefficient (Wildman–Crippen LogP) is 3.85. The molecule has 1 unspecified atom stereocenters. The highest BCUT2D eigenvalue weighted by Gasteiger charge is 2.22. The van der Waals surface area contributed by atoms with Crippen molar-refractivity contribution in [1.29, 1.82) is 0 Å². The molecule has 0 bridgehead atoms. The highest BCUT2D eigenvalue weighted by atomic mass is 32.1. The second kappa shape index (κ2) is 7.27. The summed E-state index contributed by atoms with van der Waals surface area (Å²) >= 11 is 1.65. The number of rotatable bonds is 5. The van der Waals surface area contributed by atoms with Gasteiger partial charge in [-0.15, -0.1) is 0 Å². The Morgan fingerprint density at radius 1 is 1.43 bits per heavy atom. The highest BCUT2D eigenvalue weighted by Crippen LogP contribution is 2.20. The van der Waals surface area contributed by atoms with Crippen LogP contribution in [0.4, 0.5) is 4.79 Å². The molecule has 5 heteroatoms. The molecule has 4 nitrogen and oxygen atoms in total. The summed E-state index contributed by atoms with van der Waals surface area (Å²) in [4.78, 5) is 12.0. The van der Waals surface area contributed by atoms with Gasteiger partial charge in [-0.25, -0.2) is 4.79 Å². The van der Waals surface area contributed by atoms with Crippen molar-refractivity contribution < 1.29 is 9.53 Å². The fraction of sp³-hybridized carbons (Fsp3) is 0.688. The number of carbonyl (C=O) groups excluding carboxylic acids is 1. The van der Waals surface area contributed by atoms with Crippen LogP contribution >= 0.6 is 11.3 Å². The van der Waals surface area contributed by atoms with Crippen LogP contribution in [-0.2, 0) is 4.74 Å². The zero-order valence-electron chi connectivity index (χ0n) is 13.1. The number of alkyl carbamates (subject to hydrolysis) is 1. The Bertz CT molecular complexity index is 434. The number of thiophene rings is 1. The van der Waals surface area contributed by atoms with Crippen LogP contribution in [-0.4, -0.2) is 24.3 Å². The van der Waals surface area contributed by atoms with E-state index in [-0.39, 0.29) is 12.1 Å². The second-order valence-corrected chi connectivity index (χ2v) is 7.43. The quantitative estimate of drug-likeness (QED) is 0.868. The average molecular weight is 310 g/mol. The van der Waals surface area contributed by atoms with Crippen molar-refractivity contribution in [3.05, 3.63) is 22.4 Å². The maximum absolute atomic E-state index is 12.0. The van der Waals surface area contributed by atoms with Crippen LogP contribution < -0.4 is 10.6 Å². The van der Waals surface area contributed by atoms with Gasteiger partial charge in [-0.2, -0.15) is 11.3 Å². The molecule has 21 heavy (non-hydrogen) atoms. The third-order valence-corrected chi connectivity index (χ3v) is 4.30. The maximum Gasteiger partial charge on any atom is 0.408 e. The predicted molar refractivity (Wildman–Crippen MR) is 86.7 cm³/mol. The number of carbonyl (C=O) groups is 1. The van der Waals surface area contributed by atoms with E-state index >= 15 is 0 Å². The molecule has 1 aromatic heterocycles. The van der Waals surface area contributed by atoms with Gasteiger partial charge < -0.3 is 15.4 Å². The first-order valence-electron chi connectivity index (χ1n) is 7.69. The summed E-state index contributed by atoms with van der Waals surface area (Å²) in [6.07, 6.45) is 4.73. The van der Waals surface area contributed by atoms with Crippen molar-refractivity contribution in [3.8, 4) is 0 Å². The molecule has 1 fully saturated rings. The molecule has 118 valence electrons. The van der Waals surface area contributed by atoms with E-state index in [4.69, 9.17) is 4.74 Å². The SMILES string of the molecule is CC(C)(C)OC(=O)NC(CNC1CCCC1)c1ccsc1. The Labute approximate surface area is 131 Å². The second-order valence-electron chi connectivity index (χ2n) is 6.65. The molecule has 1 aliphatic carbocycles. The zero-order valence-corrected chi connectivity index (χ0v) is 14.0. The van der Waals surface area contributed by atoms with Crippen molar-refractivity contribution in [3.63, 3.8) is 0 Å². The van der Waals surface area contributed by atoms with Gasteiger partial charge >= 0.3 is 6.09 Å². The first-order chi connectivity index (χ1) is 9.94. The van der Waals surface area contributed by atoms with E-state index < -0.39 is 5.60 Å². The number of nitrogens with one attached hydrogen (secondary N) is 2. The zero-order chi connectivity index (χ0) is 15.3. The van der Waals surface area contributed by atoms with Crippen molar-refractivity contribution in [2.45, 2.75) is 64.1 Å². The number of hydrogen-bond donors (Lipinski definition) is 2. The van der Waals surface area contributed by atoms with E-state index in [1.165, 1.54) is 25.7 Å². The van der Waals surface area contributed by atoms with E-state index in [0.29, 0.717) is 6.04 Å². The minimum Gasteiger partial charge on any atom is -0.444 e. The molecule has 0 spiro atoms. The Kier molecular flexibility index (Phi) is 5.65. The van der Waals surface area contributed by atoms with E-state index in [1.807, 2.05) is 26.2 Å². The van der Waals surface area contributed by atoms with Crippen molar-refractivity contribution >= 4 is 17.4 Å². The monoisotopic (exact) mass is 310 g/mol. The molecule has 0 saturated heterocycles. The molecular weight excluding hydrogens is 284 g/mol. The van der Waals surface area contributed by atoms with E-state index in [9.17, 15) is 4.79 Å². The molecule has 2 N–H and O–H groups in total. The number of amides is 1. The molecule has 1 saturated carbocycles. The van der Waals surface area contributed by atoms with E-state index in [0.717, 1.165) is 12.1 Å². The maximum atomic E-state index is 12.0. The fourth-order valence-corrected chi connectivity index (χ4v) is 3.30. The summed E-state index contributed by atoms with van der Waals surface area (Å²) in [5.74, 6) is 0. The van der Waals surface area contributed by atoms with Crippen molar-refractivity contribution in [1.82, 2.24) is 10.6 Å². The Balaban J connectivity index is 1.91. The lowest BCUT2D eigenvalue weighted by molar-refractivity contribution is 0.0502. The van der Waals surface area contributed by atoms with Gasteiger partial charge in [-0.1, -0.05) is 12.8 Å². The lowest BCUT2D eigenvalue weighted by Gasteiger charge is -2.24. The molecular formula is C16H26N2O2S. The van der Waals surface area contributed by atoms with Gasteiger partial charge in [0.2, 0.25) is 0 Å². The van der Waals surface area contributed by atoms with Gasteiger partial charge in [0, 0.05) is 12.6 Å². The molecule has 1 atom stereocenters. The number of ether oxygens (including phenoxy) is 1. The fourth-order valence-electron chi connectivity index (χ4n) is 2.59. The lowest BCUT2D eigenvalue weighted by atomic mass is 10.1. The molecule has 1 heterocycles. The van der Waals surface area contributed by atoms with Crippen molar-refractivity contribution in [2.75, 3.05) is 6.54 Å². The Hall–Kier alpha value is -1.07. The normalized spacial score (nSPS) is 17.7. The van der Waals surface area contributed by atoms with E-state index in [1.54, 1.807) is 11.3 Å². The Morgan fingerprint density at radius 2 is 2.14 bits per heavy atom. The minimum atomic E-state index is -0.470. The molecule has 1 aliphatic rings. The largest absolute Gasteiger partial charge is 0.444 e. The Morgan fingerprint density at radius 3 is 2.71 bits per heavy atom. The molecule has 0 aromatic carbocycles. The molecule has 1 amide bonds. The molecule has 0 aliphatic heterocycles. The first-order valence-corrected chi connectivity index (χ1v) is 8.63. The average Bonchev–Trinajstić information content (AvgIpc) is 3.05. The summed E-state index contributed by atoms with van der Waals surface area (Å²) in [5, 5.41) is 10.7. The third-order valence-electron chi connectivity index (χ3n) is 3.60. The van der Waals surface area contributed by atoms with Crippen LogP contribution in [0.3, 0.4) is 0 Å². The standard InChI is InChI=1S/C16H26N2O2S/c1-16(2,3)20-15(19)18-14(12-8-9-21-11-12)10-17-13-6-4-5-7-13/h8-9,11,13-14,17H,4-7,10H2,1-3H3,(H,18,19). The van der Waals surface area contributed by atoms with Crippen LogP contribution in [0.1, 0.15) is 58.1 Å². The third kappa shape index (κ3) is 5.67. The van der Waals surface area contributed by atoms with Crippen molar-refractivity contribution in [2.24, 2.45) is 0 Å². The summed E-state index contributed by atoms with van der Waals surface area (Å²) in [6, 6.07) is 2.61. The summed E-state index contributed by atoms with van der Waals surface area (Å²) in [7, 11) is 0. The van der Waals surface area contributed by atoms with Gasteiger partial charge in [-0.05, 0) is 56.0 Å². The molecule has 2 rings (SSSR count). The van der Waals surface area contributed by atoms with Crippen LogP contribution in [0.25, 0.3) is 0 Å². The van der Waals surface area contributed by atoms with E-state index in [2.05, 4.69) is 22.1 Å². The lowest BCUT2D eigenvalue weighted by Crippen LogP contribution is -2.40. The highest BCUT2D eigenvalue weighted by molar-refractivity contribution is 7.07. The van der Waals surface area contributed by atoms with Gasteiger partial charge in [0.25, 0.3) is 0 Å². The summed E-state index contributed by atoms with van der Waals surface area (Å²) in [5.41, 5.74) is 0.665. The van der Waals surface area contributed by atoms with Gasteiger partial charge in [-0.3, -0.25) is 0 Å². The van der Waals surface area contributed by atoms with Gasteiger partial charge in [0.15, 0.2) is 0 Å². The van der Waals surface area contributed by atoms with Crippen LogP contribution in [0.5, 0.6) is 0 Å². The van der Waals surface area contributed by atoms with Crippen LogP contribution in [0, 0.1) is 0 Å². The topological polar surface area (TPSA) is 50.4 Å². The van der Waals surface area contributed by atoms with Crippen LogP contribution in [0.15, 0.2) is 16.8 Å². The first kappa shape index (κ1) is 16.3. The minimum absolute atomic E-state index is 0.0355. The van der Waals surface area contributed by atoms with Crippen LogP contribution in [0.2, 0.25) is 0 Å². The molecule has 0 radical (unpaired) electrons. The van der Waals surface area contributed by atoms with Gasteiger partial charge in [0.1, 0.15) is 5.60 Å². The van der Waals surface area contributed by atoms with Gasteiger partial charge in [0.05, 0.1) is 6.04 Å². The summed E-state index contributed by atoms with van der Waals surface area (Å²) < 4.78 is 5.36. The smallest absolute Gasteiger partial charge is 0.408 e. The molecule has 1 aromatic rings. The number of hydrogen-bond acceptors (Lipinski definition) is 4.